The van der Waals surface area contributed by atoms with E-state index in [0.717, 1.165) is 37.7 Å². The van der Waals surface area contributed by atoms with Crippen LogP contribution < -0.4 is 10.2 Å². The van der Waals surface area contributed by atoms with Crippen LogP contribution in [0.3, 0.4) is 0 Å². The highest BCUT2D eigenvalue weighted by Crippen LogP contribution is 2.18. The Kier molecular flexibility index (Phi) is 4.91. The first-order valence-corrected chi connectivity index (χ1v) is 8.48. The number of nitrogens with one attached hydrogen (secondary N) is 1. The van der Waals surface area contributed by atoms with Crippen molar-refractivity contribution < 1.29 is 0 Å². The molecule has 0 unspecified atom stereocenters. The maximum atomic E-state index is 4.60. The highest BCUT2D eigenvalue weighted by atomic mass is 15.3. The van der Waals surface area contributed by atoms with Gasteiger partial charge >= 0.3 is 0 Å². The molecule has 1 saturated heterocycles. The van der Waals surface area contributed by atoms with E-state index in [0.29, 0.717) is 6.04 Å². The summed E-state index contributed by atoms with van der Waals surface area (Å²) in [5.74, 6) is 0.977. The highest BCUT2D eigenvalue weighted by Gasteiger charge is 2.21. The van der Waals surface area contributed by atoms with Gasteiger partial charge in [0.15, 0.2) is 5.82 Å². The molecule has 1 atom stereocenters. The molecule has 0 spiro atoms. The van der Waals surface area contributed by atoms with Gasteiger partial charge in [-0.15, -0.1) is 5.10 Å². The van der Waals surface area contributed by atoms with E-state index in [4.69, 9.17) is 0 Å². The fraction of sp³-hybridized carbons (Fsp3) is 0.588. The van der Waals surface area contributed by atoms with Crippen LogP contribution in [0.25, 0.3) is 0 Å². The Labute approximate surface area is 137 Å². The van der Waals surface area contributed by atoms with Crippen LogP contribution in [0.5, 0.6) is 0 Å². The summed E-state index contributed by atoms with van der Waals surface area (Å²) in [4.78, 5) is 2.32. The molecule has 1 aliphatic rings. The zero-order chi connectivity index (χ0) is 16.2. The van der Waals surface area contributed by atoms with Crippen molar-refractivity contribution in [3.63, 3.8) is 0 Å². The molecule has 1 N–H and O–H groups in total. The second-order valence-electron chi connectivity index (χ2n) is 6.21. The lowest BCUT2D eigenvalue weighted by atomic mass is 10.0. The van der Waals surface area contributed by atoms with Crippen molar-refractivity contribution in [3.8, 4) is 0 Å². The largest absolute Gasteiger partial charge is 0.354 e. The number of aromatic nitrogens is 4. The Bertz CT molecular complexity index is 636. The number of anilines is 1. The Balaban J connectivity index is 1.61. The molecule has 3 heterocycles. The zero-order valence-corrected chi connectivity index (χ0v) is 14.3. The molecule has 3 rings (SSSR count). The molecule has 0 saturated carbocycles. The summed E-state index contributed by atoms with van der Waals surface area (Å²) in [5, 5.41) is 16.5. The predicted octanol–water partition coefficient (Wildman–Crippen LogP) is 2.07. The Morgan fingerprint density at radius 2 is 2.22 bits per heavy atom. The van der Waals surface area contributed by atoms with Gasteiger partial charge in [0.1, 0.15) is 0 Å². The van der Waals surface area contributed by atoms with Crippen LogP contribution in [0.15, 0.2) is 18.3 Å². The molecule has 0 aromatic carbocycles. The average Bonchev–Trinajstić information content (AvgIpc) is 2.87. The Hall–Kier alpha value is -1.95. The summed E-state index contributed by atoms with van der Waals surface area (Å²) in [6, 6.07) is 4.47. The Morgan fingerprint density at radius 1 is 1.35 bits per heavy atom. The van der Waals surface area contributed by atoms with Crippen molar-refractivity contribution in [1.29, 1.82) is 0 Å². The van der Waals surface area contributed by atoms with Crippen molar-refractivity contribution in [1.82, 2.24) is 25.3 Å². The fourth-order valence-electron chi connectivity index (χ4n) is 3.36. The van der Waals surface area contributed by atoms with Gasteiger partial charge in [-0.3, -0.25) is 4.68 Å². The molecule has 2 aromatic heterocycles. The molecule has 0 amide bonds. The van der Waals surface area contributed by atoms with Crippen molar-refractivity contribution in [2.75, 3.05) is 18.0 Å². The molecule has 0 bridgehead atoms. The lowest BCUT2D eigenvalue weighted by Crippen LogP contribution is -2.46. The highest BCUT2D eigenvalue weighted by molar-refractivity contribution is 5.37. The molecule has 124 valence electrons. The molecular formula is C17H26N6. The molecule has 6 nitrogen and oxygen atoms in total. The van der Waals surface area contributed by atoms with Gasteiger partial charge in [-0.1, -0.05) is 0 Å². The molecule has 0 radical (unpaired) electrons. The second kappa shape index (κ2) is 7.08. The lowest BCUT2D eigenvalue weighted by molar-refractivity contribution is 0.418. The number of hydrogen-bond donors (Lipinski definition) is 1. The average molecular weight is 314 g/mol. The molecular weight excluding hydrogens is 288 g/mol. The smallest absolute Gasteiger partial charge is 0.151 e. The molecule has 1 fully saturated rings. The first kappa shape index (κ1) is 15.9. The normalized spacial score (nSPS) is 18.4. The van der Waals surface area contributed by atoms with E-state index in [9.17, 15) is 0 Å². The van der Waals surface area contributed by atoms with E-state index in [2.05, 4.69) is 51.0 Å². The summed E-state index contributed by atoms with van der Waals surface area (Å²) >= 11 is 0. The van der Waals surface area contributed by atoms with Crippen molar-refractivity contribution >= 4 is 5.82 Å². The van der Waals surface area contributed by atoms with E-state index < -0.39 is 0 Å². The quantitative estimate of drug-likeness (QED) is 0.915. The summed E-state index contributed by atoms with van der Waals surface area (Å²) in [6.07, 6.45) is 4.11. The third kappa shape index (κ3) is 3.52. The van der Waals surface area contributed by atoms with E-state index in [-0.39, 0.29) is 0 Å². The van der Waals surface area contributed by atoms with Gasteiger partial charge in [-0.25, -0.2) is 0 Å². The van der Waals surface area contributed by atoms with Gasteiger partial charge < -0.3 is 10.2 Å². The van der Waals surface area contributed by atoms with Crippen LogP contribution in [-0.4, -0.2) is 39.1 Å². The number of hydrogen-bond acceptors (Lipinski definition) is 5. The van der Waals surface area contributed by atoms with E-state index >= 15 is 0 Å². The number of piperidine rings is 1. The second-order valence-corrected chi connectivity index (χ2v) is 6.21. The molecule has 23 heavy (non-hydrogen) atoms. The van der Waals surface area contributed by atoms with Gasteiger partial charge in [0.05, 0.1) is 5.69 Å². The van der Waals surface area contributed by atoms with Gasteiger partial charge in [-0.05, 0) is 45.7 Å². The number of rotatable bonds is 5. The zero-order valence-electron chi connectivity index (χ0n) is 14.3. The standard InChI is InChI=1S/C17H26N6/c1-4-23-14(3)16(13(2)21-23)11-18-15-7-6-10-22(12-15)17-8-5-9-19-20-17/h5,8-9,15,18H,4,6-7,10-12H2,1-3H3/t15-/m1/s1. The summed E-state index contributed by atoms with van der Waals surface area (Å²) < 4.78 is 2.08. The van der Waals surface area contributed by atoms with E-state index in [1.165, 1.54) is 24.1 Å². The minimum absolute atomic E-state index is 0.481. The maximum absolute atomic E-state index is 4.60. The van der Waals surface area contributed by atoms with Crippen LogP contribution in [0.4, 0.5) is 5.82 Å². The van der Waals surface area contributed by atoms with E-state index in [1.54, 1.807) is 6.20 Å². The third-order valence-electron chi connectivity index (χ3n) is 4.70. The van der Waals surface area contributed by atoms with Gasteiger partial charge in [-0.2, -0.15) is 10.2 Å². The molecule has 2 aromatic rings. The SMILES string of the molecule is CCn1nc(C)c(CN[C@@H]2CCCN(c3cccnn3)C2)c1C. The van der Waals surface area contributed by atoms with Gasteiger partial charge in [0.2, 0.25) is 0 Å². The van der Waals surface area contributed by atoms with Crippen molar-refractivity contribution in [2.45, 2.75) is 52.7 Å². The molecule has 6 heteroatoms. The van der Waals surface area contributed by atoms with Crippen LogP contribution in [-0.2, 0) is 13.1 Å². The minimum Gasteiger partial charge on any atom is -0.354 e. The first-order valence-electron chi connectivity index (χ1n) is 8.48. The van der Waals surface area contributed by atoms with Crippen LogP contribution in [0.1, 0.15) is 36.7 Å². The summed E-state index contributed by atoms with van der Waals surface area (Å²) in [5.41, 5.74) is 3.75. The predicted molar refractivity (Wildman–Crippen MR) is 91.5 cm³/mol. The van der Waals surface area contributed by atoms with Crippen LogP contribution in [0, 0.1) is 13.8 Å². The van der Waals surface area contributed by atoms with E-state index in [1.807, 2.05) is 12.1 Å². The van der Waals surface area contributed by atoms with Crippen molar-refractivity contribution in [2.24, 2.45) is 0 Å². The monoisotopic (exact) mass is 314 g/mol. The van der Waals surface area contributed by atoms with Crippen molar-refractivity contribution in [3.05, 3.63) is 35.3 Å². The Morgan fingerprint density at radius 3 is 2.91 bits per heavy atom. The molecule has 0 aliphatic carbocycles. The fourth-order valence-corrected chi connectivity index (χ4v) is 3.36. The third-order valence-corrected chi connectivity index (χ3v) is 4.70. The van der Waals surface area contributed by atoms with Crippen LogP contribution in [0.2, 0.25) is 0 Å². The number of aryl methyl sites for hydroxylation is 2. The number of nitrogens with zero attached hydrogens (tertiary/aromatic N) is 5. The molecule has 1 aliphatic heterocycles. The minimum atomic E-state index is 0.481. The summed E-state index contributed by atoms with van der Waals surface area (Å²) in [7, 11) is 0. The first-order chi connectivity index (χ1) is 11.2. The maximum Gasteiger partial charge on any atom is 0.151 e. The topological polar surface area (TPSA) is 58.9 Å². The van der Waals surface area contributed by atoms with Crippen LogP contribution >= 0.6 is 0 Å². The van der Waals surface area contributed by atoms with Gasteiger partial charge in [0, 0.05) is 49.7 Å². The van der Waals surface area contributed by atoms with Gasteiger partial charge in [0.25, 0.3) is 0 Å². The lowest BCUT2D eigenvalue weighted by Gasteiger charge is -2.33. The summed E-state index contributed by atoms with van der Waals surface area (Å²) in [6.45, 7) is 10.3.